The van der Waals surface area contributed by atoms with E-state index in [2.05, 4.69) is 55.4 Å². The number of methoxy groups -OCH3 is 1. The van der Waals surface area contributed by atoms with Gasteiger partial charge in [0.1, 0.15) is 5.75 Å². The zero-order valence-corrected chi connectivity index (χ0v) is 23.4. The SMILES string of the molecule is COc1ccc(Cl)cc1C(=O)N1CCN(c2ccc(NC(=O)c3cc(I)ccc3I)cc2)CC1. The maximum Gasteiger partial charge on any atom is 0.257 e. The smallest absolute Gasteiger partial charge is 0.257 e. The van der Waals surface area contributed by atoms with Crippen LogP contribution in [0.1, 0.15) is 20.7 Å². The molecule has 0 spiro atoms. The Hall–Kier alpha value is -2.05. The van der Waals surface area contributed by atoms with Crippen molar-refractivity contribution in [2.75, 3.05) is 43.5 Å². The van der Waals surface area contributed by atoms with E-state index in [1.807, 2.05) is 47.4 Å². The zero-order valence-electron chi connectivity index (χ0n) is 18.4. The third-order valence-corrected chi connectivity index (χ3v) is 7.47. The first-order valence-electron chi connectivity index (χ1n) is 10.6. The molecule has 0 atom stereocenters. The van der Waals surface area contributed by atoms with Gasteiger partial charge in [-0.25, -0.2) is 0 Å². The molecule has 0 unspecified atom stereocenters. The zero-order chi connectivity index (χ0) is 24.2. The Morgan fingerprint density at radius 2 is 1.62 bits per heavy atom. The summed E-state index contributed by atoms with van der Waals surface area (Å²) in [6, 6.07) is 18.7. The van der Waals surface area contributed by atoms with Gasteiger partial charge in [-0.3, -0.25) is 9.59 Å². The number of rotatable bonds is 5. The summed E-state index contributed by atoms with van der Waals surface area (Å²) in [6.45, 7) is 2.61. The summed E-state index contributed by atoms with van der Waals surface area (Å²) in [5.41, 5.74) is 2.93. The van der Waals surface area contributed by atoms with Gasteiger partial charge in [0.05, 0.1) is 18.2 Å². The summed E-state index contributed by atoms with van der Waals surface area (Å²) >= 11 is 10.5. The Balaban J connectivity index is 1.37. The number of benzene rings is 3. The van der Waals surface area contributed by atoms with E-state index in [1.165, 1.54) is 0 Å². The number of hydrogen-bond donors (Lipinski definition) is 1. The lowest BCUT2D eigenvalue weighted by atomic mass is 10.1. The molecule has 9 heteroatoms. The van der Waals surface area contributed by atoms with E-state index in [9.17, 15) is 9.59 Å². The van der Waals surface area contributed by atoms with E-state index < -0.39 is 0 Å². The molecule has 1 N–H and O–H groups in total. The van der Waals surface area contributed by atoms with Crippen LogP contribution in [-0.4, -0.2) is 50.0 Å². The normalized spacial score (nSPS) is 13.5. The second-order valence-electron chi connectivity index (χ2n) is 7.75. The monoisotopic (exact) mass is 701 g/mol. The van der Waals surface area contributed by atoms with Crippen LogP contribution in [0, 0.1) is 7.14 Å². The minimum Gasteiger partial charge on any atom is -0.496 e. The van der Waals surface area contributed by atoms with Crippen LogP contribution in [0.4, 0.5) is 11.4 Å². The van der Waals surface area contributed by atoms with E-state index in [-0.39, 0.29) is 11.8 Å². The number of nitrogens with zero attached hydrogens (tertiary/aromatic N) is 2. The van der Waals surface area contributed by atoms with E-state index >= 15 is 0 Å². The molecule has 1 saturated heterocycles. The Labute approximate surface area is 230 Å². The van der Waals surface area contributed by atoms with E-state index in [0.29, 0.717) is 48.1 Å². The van der Waals surface area contributed by atoms with E-state index in [1.54, 1.807) is 25.3 Å². The van der Waals surface area contributed by atoms with Crippen LogP contribution in [0.5, 0.6) is 5.75 Å². The molecule has 0 bridgehead atoms. The maximum atomic E-state index is 13.0. The fourth-order valence-electron chi connectivity index (χ4n) is 3.81. The lowest BCUT2D eigenvalue weighted by Gasteiger charge is -2.36. The molecule has 3 aromatic rings. The van der Waals surface area contributed by atoms with Crippen molar-refractivity contribution in [3.8, 4) is 5.75 Å². The molecule has 3 aromatic carbocycles. The van der Waals surface area contributed by atoms with Crippen molar-refractivity contribution in [1.29, 1.82) is 0 Å². The van der Waals surface area contributed by atoms with E-state index in [4.69, 9.17) is 16.3 Å². The van der Waals surface area contributed by atoms with Crippen LogP contribution < -0.4 is 15.0 Å². The number of hydrogen-bond acceptors (Lipinski definition) is 4. The van der Waals surface area contributed by atoms with Gasteiger partial charge in [-0.15, -0.1) is 0 Å². The fraction of sp³-hybridized carbons (Fsp3) is 0.200. The van der Waals surface area contributed by atoms with Gasteiger partial charge in [-0.2, -0.15) is 0 Å². The summed E-state index contributed by atoms with van der Waals surface area (Å²) in [6.07, 6.45) is 0. The second-order valence-corrected chi connectivity index (χ2v) is 10.6. The van der Waals surface area contributed by atoms with Gasteiger partial charge in [-0.1, -0.05) is 11.6 Å². The van der Waals surface area contributed by atoms with Gasteiger partial charge in [0, 0.05) is 49.7 Å². The lowest BCUT2D eigenvalue weighted by molar-refractivity contribution is 0.0743. The minimum atomic E-state index is -0.126. The summed E-state index contributed by atoms with van der Waals surface area (Å²) in [7, 11) is 1.55. The molecule has 1 aliphatic rings. The molecule has 176 valence electrons. The molecule has 1 heterocycles. The van der Waals surface area contributed by atoms with Crippen molar-refractivity contribution in [3.63, 3.8) is 0 Å². The van der Waals surface area contributed by atoms with Crippen LogP contribution in [0.2, 0.25) is 5.02 Å². The molecule has 1 aliphatic heterocycles. The predicted molar refractivity (Wildman–Crippen MR) is 152 cm³/mol. The van der Waals surface area contributed by atoms with Crippen LogP contribution in [0.15, 0.2) is 60.7 Å². The standard InChI is InChI=1S/C25H22ClI2N3O3/c1-34-23-9-2-16(26)14-21(23)25(33)31-12-10-30(11-13-31)19-6-4-18(5-7-19)29-24(32)20-15-17(27)3-8-22(20)28/h2-9,14-15H,10-13H2,1H3,(H,29,32). The highest BCUT2D eigenvalue weighted by Gasteiger charge is 2.25. The lowest BCUT2D eigenvalue weighted by Crippen LogP contribution is -2.48. The Kier molecular flexibility index (Phi) is 8.20. The number of amides is 2. The van der Waals surface area contributed by atoms with Gasteiger partial charge in [0.15, 0.2) is 0 Å². The summed E-state index contributed by atoms with van der Waals surface area (Å²) < 4.78 is 7.27. The molecule has 1 fully saturated rings. The van der Waals surface area contributed by atoms with E-state index in [0.717, 1.165) is 18.5 Å². The number of piperazine rings is 1. The average molecular weight is 702 g/mol. The molecule has 2 amide bonds. The molecular formula is C25H22ClI2N3O3. The fourth-order valence-corrected chi connectivity index (χ4v) is 5.05. The van der Waals surface area contributed by atoms with Crippen molar-refractivity contribution in [2.45, 2.75) is 0 Å². The number of halogens is 3. The maximum absolute atomic E-state index is 13.0. The second kappa shape index (κ2) is 11.1. The van der Waals surface area contributed by atoms with Crippen molar-refractivity contribution in [1.82, 2.24) is 4.90 Å². The molecular weight excluding hydrogens is 680 g/mol. The van der Waals surface area contributed by atoms with Crippen LogP contribution in [0.3, 0.4) is 0 Å². The molecule has 0 radical (unpaired) electrons. The first kappa shape index (κ1) is 25.1. The van der Waals surface area contributed by atoms with Crippen molar-refractivity contribution in [2.24, 2.45) is 0 Å². The third kappa shape index (κ3) is 5.77. The predicted octanol–water partition coefficient (Wildman–Crippen LogP) is 5.77. The Bertz CT molecular complexity index is 1210. The summed E-state index contributed by atoms with van der Waals surface area (Å²) in [5.74, 6) is 0.316. The summed E-state index contributed by atoms with van der Waals surface area (Å²) in [5, 5.41) is 3.48. The Morgan fingerprint density at radius 1 is 0.912 bits per heavy atom. The molecule has 34 heavy (non-hydrogen) atoms. The number of ether oxygens (including phenoxy) is 1. The number of carbonyl (C=O) groups is 2. The quantitative estimate of drug-likeness (QED) is 0.344. The number of nitrogens with one attached hydrogen (secondary N) is 1. The van der Waals surface area contributed by atoms with Crippen molar-refractivity contribution < 1.29 is 14.3 Å². The molecule has 6 nitrogen and oxygen atoms in total. The minimum absolute atomic E-state index is 0.0812. The van der Waals surface area contributed by atoms with Crippen LogP contribution in [-0.2, 0) is 0 Å². The summed E-state index contributed by atoms with van der Waals surface area (Å²) in [4.78, 5) is 29.7. The van der Waals surface area contributed by atoms with Crippen molar-refractivity contribution in [3.05, 3.63) is 84.0 Å². The molecule has 0 saturated carbocycles. The van der Waals surface area contributed by atoms with Gasteiger partial charge in [0.25, 0.3) is 11.8 Å². The number of carbonyl (C=O) groups excluding carboxylic acids is 2. The highest BCUT2D eigenvalue weighted by Crippen LogP contribution is 2.26. The van der Waals surface area contributed by atoms with Crippen LogP contribution >= 0.6 is 56.8 Å². The van der Waals surface area contributed by atoms with Crippen LogP contribution in [0.25, 0.3) is 0 Å². The molecule has 4 rings (SSSR count). The average Bonchev–Trinajstić information content (AvgIpc) is 2.85. The van der Waals surface area contributed by atoms with Gasteiger partial charge in [-0.05, 0) is 106 Å². The first-order valence-corrected chi connectivity index (χ1v) is 13.1. The largest absolute Gasteiger partial charge is 0.496 e. The van der Waals surface area contributed by atoms with Gasteiger partial charge < -0.3 is 19.9 Å². The Morgan fingerprint density at radius 3 is 2.29 bits per heavy atom. The highest BCUT2D eigenvalue weighted by atomic mass is 127. The highest BCUT2D eigenvalue weighted by molar-refractivity contribution is 14.1. The third-order valence-electron chi connectivity index (χ3n) is 5.62. The van der Waals surface area contributed by atoms with Crippen molar-refractivity contribution >= 4 is 80.0 Å². The van der Waals surface area contributed by atoms with Gasteiger partial charge >= 0.3 is 0 Å². The molecule has 0 aromatic heterocycles. The van der Waals surface area contributed by atoms with Gasteiger partial charge in [0.2, 0.25) is 0 Å². The topological polar surface area (TPSA) is 61.9 Å². The first-order chi connectivity index (χ1) is 16.4. The number of anilines is 2. The molecule has 0 aliphatic carbocycles.